The minimum absolute atomic E-state index is 0.788. The van der Waals surface area contributed by atoms with Crippen molar-refractivity contribution < 1.29 is 9.47 Å². The van der Waals surface area contributed by atoms with Gasteiger partial charge in [-0.15, -0.1) is 0 Å². The van der Waals surface area contributed by atoms with Crippen LogP contribution in [0.25, 0.3) is 0 Å². The number of hydrogen-bond acceptors (Lipinski definition) is 5. The zero-order chi connectivity index (χ0) is 20.5. The fraction of sp³-hybridized carbons (Fsp3) is 0.500. The van der Waals surface area contributed by atoms with Crippen LogP contribution in [0.4, 0.5) is 5.69 Å². The molecule has 0 aliphatic carbocycles. The van der Waals surface area contributed by atoms with Crippen LogP contribution < -0.4 is 14.4 Å². The van der Waals surface area contributed by atoms with Crippen LogP contribution in [0.3, 0.4) is 0 Å². The third kappa shape index (κ3) is 6.94. The van der Waals surface area contributed by atoms with E-state index in [0.717, 1.165) is 63.8 Å². The largest absolute Gasteiger partial charge is 0.497 e. The third-order valence-electron chi connectivity index (χ3n) is 5.35. The predicted octanol–water partition coefficient (Wildman–Crippen LogP) is 3.74. The second-order valence-electron chi connectivity index (χ2n) is 7.97. The molecule has 1 heterocycles. The Kier molecular flexibility index (Phi) is 8.20. The molecule has 0 bridgehead atoms. The highest BCUT2D eigenvalue weighted by Gasteiger charge is 2.17. The number of piperazine rings is 1. The Bertz CT molecular complexity index is 725. The average molecular weight is 398 g/mol. The van der Waals surface area contributed by atoms with Crippen molar-refractivity contribution in [2.75, 3.05) is 65.4 Å². The Labute approximate surface area is 175 Å². The van der Waals surface area contributed by atoms with Gasteiger partial charge in [0.2, 0.25) is 0 Å². The molecule has 5 nitrogen and oxygen atoms in total. The summed E-state index contributed by atoms with van der Waals surface area (Å²) in [6.45, 7) is 7.28. The third-order valence-corrected chi connectivity index (χ3v) is 5.35. The molecular weight excluding hydrogens is 362 g/mol. The molecule has 0 aromatic heterocycles. The van der Waals surface area contributed by atoms with Crippen molar-refractivity contribution in [2.24, 2.45) is 0 Å². The normalized spacial score (nSPS) is 15.0. The van der Waals surface area contributed by atoms with Gasteiger partial charge in [-0.25, -0.2) is 0 Å². The van der Waals surface area contributed by atoms with Crippen molar-refractivity contribution >= 4 is 5.69 Å². The van der Waals surface area contributed by atoms with E-state index in [0.29, 0.717) is 0 Å². The molecule has 5 heteroatoms. The highest BCUT2D eigenvalue weighted by molar-refractivity contribution is 5.51. The summed E-state index contributed by atoms with van der Waals surface area (Å²) < 4.78 is 11.2. The first-order valence-electron chi connectivity index (χ1n) is 10.6. The number of rotatable bonds is 10. The average Bonchev–Trinajstić information content (AvgIpc) is 2.75. The first-order chi connectivity index (χ1) is 14.1. The van der Waals surface area contributed by atoms with E-state index in [2.05, 4.69) is 71.3 Å². The number of ether oxygens (including phenoxy) is 2. The van der Waals surface area contributed by atoms with Gasteiger partial charge in [0, 0.05) is 44.5 Å². The van der Waals surface area contributed by atoms with E-state index in [1.807, 2.05) is 6.07 Å². The zero-order valence-corrected chi connectivity index (χ0v) is 18.1. The quantitative estimate of drug-likeness (QED) is 0.570. The van der Waals surface area contributed by atoms with Gasteiger partial charge in [0.1, 0.15) is 11.5 Å². The van der Waals surface area contributed by atoms with Crippen LogP contribution in [0.5, 0.6) is 11.5 Å². The maximum absolute atomic E-state index is 5.90. The zero-order valence-electron chi connectivity index (χ0n) is 18.1. The molecule has 2 aromatic carbocycles. The minimum Gasteiger partial charge on any atom is -0.497 e. The topological polar surface area (TPSA) is 28.2 Å². The van der Waals surface area contributed by atoms with E-state index in [1.54, 1.807) is 7.11 Å². The Balaban J connectivity index is 1.30. The fourth-order valence-electron chi connectivity index (χ4n) is 3.72. The van der Waals surface area contributed by atoms with Gasteiger partial charge < -0.3 is 19.3 Å². The van der Waals surface area contributed by atoms with Crippen LogP contribution >= 0.6 is 0 Å². The van der Waals surface area contributed by atoms with Crippen LogP contribution in [0.1, 0.15) is 18.4 Å². The predicted molar refractivity (Wildman–Crippen MR) is 120 cm³/mol. The van der Waals surface area contributed by atoms with Crippen LogP contribution in [0.15, 0.2) is 48.5 Å². The smallest absolute Gasteiger partial charge is 0.120 e. The van der Waals surface area contributed by atoms with Crippen LogP contribution in [-0.4, -0.2) is 70.3 Å². The summed E-state index contributed by atoms with van der Waals surface area (Å²) in [6, 6.07) is 16.8. The van der Waals surface area contributed by atoms with Gasteiger partial charge in [-0.1, -0.05) is 18.2 Å². The molecule has 1 aliphatic heterocycles. The molecule has 158 valence electrons. The number of benzene rings is 2. The molecule has 0 unspecified atom stereocenters. The second-order valence-corrected chi connectivity index (χ2v) is 7.97. The highest BCUT2D eigenvalue weighted by Crippen LogP contribution is 2.22. The fourth-order valence-corrected chi connectivity index (χ4v) is 3.72. The van der Waals surface area contributed by atoms with Gasteiger partial charge in [0.25, 0.3) is 0 Å². The Morgan fingerprint density at radius 2 is 1.66 bits per heavy atom. The molecule has 1 fully saturated rings. The summed E-state index contributed by atoms with van der Waals surface area (Å²) in [6.07, 6.45) is 2.27. The minimum atomic E-state index is 0.788. The molecule has 1 aliphatic rings. The SMILES string of the molecule is COc1cccc(N2CCN(CCCCOc3ccc(CN(C)C)cc3)CC2)c1. The number of nitrogens with zero attached hydrogens (tertiary/aromatic N) is 3. The highest BCUT2D eigenvalue weighted by atomic mass is 16.5. The molecule has 1 saturated heterocycles. The van der Waals surface area contributed by atoms with Crippen molar-refractivity contribution in [1.29, 1.82) is 0 Å². The van der Waals surface area contributed by atoms with Gasteiger partial charge in [0.15, 0.2) is 0 Å². The molecule has 3 rings (SSSR count). The lowest BCUT2D eigenvalue weighted by molar-refractivity contribution is 0.238. The monoisotopic (exact) mass is 397 g/mol. The molecular formula is C24H35N3O2. The Morgan fingerprint density at radius 3 is 2.34 bits per heavy atom. The number of methoxy groups -OCH3 is 1. The maximum Gasteiger partial charge on any atom is 0.120 e. The van der Waals surface area contributed by atoms with E-state index in [4.69, 9.17) is 9.47 Å². The van der Waals surface area contributed by atoms with Gasteiger partial charge in [-0.05, 0) is 63.3 Å². The Hall–Kier alpha value is -2.24. The van der Waals surface area contributed by atoms with Crippen LogP contribution in [-0.2, 0) is 6.54 Å². The Morgan fingerprint density at radius 1 is 0.897 bits per heavy atom. The van der Waals surface area contributed by atoms with Crippen molar-refractivity contribution in [1.82, 2.24) is 9.80 Å². The second kappa shape index (κ2) is 11.1. The molecule has 0 atom stereocenters. The lowest BCUT2D eigenvalue weighted by Gasteiger charge is -2.36. The van der Waals surface area contributed by atoms with E-state index in [-0.39, 0.29) is 0 Å². The van der Waals surface area contributed by atoms with E-state index < -0.39 is 0 Å². The van der Waals surface area contributed by atoms with Crippen LogP contribution in [0, 0.1) is 0 Å². The van der Waals surface area contributed by atoms with E-state index in [9.17, 15) is 0 Å². The maximum atomic E-state index is 5.90. The summed E-state index contributed by atoms with van der Waals surface area (Å²) in [5, 5.41) is 0. The van der Waals surface area contributed by atoms with Gasteiger partial charge in [0.05, 0.1) is 13.7 Å². The summed E-state index contributed by atoms with van der Waals surface area (Å²) in [7, 11) is 5.90. The van der Waals surface area contributed by atoms with E-state index in [1.165, 1.54) is 17.7 Å². The summed E-state index contributed by atoms with van der Waals surface area (Å²) in [4.78, 5) is 7.18. The molecule has 0 amide bonds. The van der Waals surface area contributed by atoms with Crippen molar-refractivity contribution in [3.63, 3.8) is 0 Å². The standard InChI is InChI=1S/C24H35N3O2/c1-25(2)20-21-9-11-23(12-10-21)29-18-5-4-13-26-14-16-27(17-15-26)22-7-6-8-24(19-22)28-3/h6-12,19H,4-5,13-18,20H2,1-3H3. The van der Waals surface area contributed by atoms with E-state index >= 15 is 0 Å². The van der Waals surface area contributed by atoms with Crippen molar-refractivity contribution in [3.05, 3.63) is 54.1 Å². The molecule has 0 N–H and O–H groups in total. The van der Waals surface area contributed by atoms with Crippen molar-refractivity contribution in [2.45, 2.75) is 19.4 Å². The van der Waals surface area contributed by atoms with Crippen molar-refractivity contribution in [3.8, 4) is 11.5 Å². The first kappa shape index (κ1) is 21.5. The van der Waals surface area contributed by atoms with Crippen LogP contribution in [0.2, 0.25) is 0 Å². The molecule has 0 spiro atoms. The number of anilines is 1. The molecule has 29 heavy (non-hydrogen) atoms. The molecule has 2 aromatic rings. The van der Waals surface area contributed by atoms with Gasteiger partial charge in [-0.3, -0.25) is 4.90 Å². The molecule has 0 radical (unpaired) electrons. The van der Waals surface area contributed by atoms with Gasteiger partial charge >= 0.3 is 0 Å². The summed E-state index contributed by atoms with van der Waals surface area (Å²) >= 11 is 0. The van der Waals surface area contributed by atoms with Gasteiger partial charge in [-0.2, -0.15) is 0 Å². The lowest BCUT2D eigenvalue weighted by Crippen LogP contribution is -2.46. The number of unbranched alkanes of at least 4 members (excludes halogenated alkanes) is 1. The first-order valence-corrected chi connectivity index (χ1v) is 10.6. The summed E-state index contributed by atoms with van der Waals surface area (Å²) in [5.74, 6) is 1.90. The summed E-state index contributed by atoms with van der Waals surface area (Å²) in [5.41, 5.74) is 2.57. The lowest BCUT2D eigenvalue weighted by atomic mass is 10.2. The number of hydrogen-bond donors (Lipinski definition) is 0. The molecule has 0 saturated carbocycles.